The molecule has 0 aromatic heterocycles. The van der Waals surface area contributed by atoms with Crippen LogP contribution in [0.25, 0.3) is 0 Å². The minimum atomic E-state index is -0.285. The van der Waals surface area contributed by atoms with E-state index in [9.17, 15) is 9.90 Å². The van der Waals surface area contributed by atoms with Crippen LogP contribution >= 0.6 is 15.9 Å². The zero-order valence-electron chi connectivity index (χ0n) is 7.90. The van der Waals surface area contributed by atoms with E-state index in [0.717, 1.165) is 10.9 Å². The molecule has 5 heteroatoms. The Bertz CT molecular complexity index is 408. The lowest BCUT2D eigenvalue weighted by Crippen LogP contribution is -2.29. The monoisotopic (exact) mass is 270 g/mol. The fraction of sp³-hybridized carbons (Fsp3) is 0.300. The molecule has 0 spiro atoms. The molecule has 4 N–H and O–H groups in total. The van der Waals surface area contributed by atoms with Crippen LogP contribution in [0.1, 0.15) is 16.8 Å². The average molecular weight is 271 g/mol. The number of hydrogen-bond acceptors (Lipinski definition) is 3. The highest BCUT2D eigenvalue weighted by molar-refractivity contribution is 9.10. The standard InChI is InChI=1S/C10H11BrN2O2/c11-5-1-2-9(14)6(3-5)10(15)13-8-4-7(8)12/h1-3,7-8,14H,4,12H2,(H,13,15). The Morgan fingerprint density at radius 2 is 2.27 bits per heavy atom. The molecule has 0 aliphatic heterocycles. The fourth-order valence-electron chi connectivity index (χ4n) is 1.32. The number of phenolic OH excluding ortho intramolecular Hbond substituents is 1. The van der Waals surface area contributed by atoms with Crippen LogP contribution in [0.2, 0.25) is 0 Å². The highest BCUT2D eigenvalue weighted by Crippen LogP contribution is 2.24. The molecular formula is C10H11BrN2O2. The van der Waals surface area contributed by atoms with Gasteiger partial charge in [-0.05, 0) is 24.6 Å². The smallest absolute Gasteiger partial charge is 0.255 e. The van der Waals surface area contributed by atoms with Crippen LogP contribution in [-0.4, -0.2) is 23.1 Å². The van der Waals surface area contributed by atoms with Crippen molar-refractivity contribution in [3.05, 3.63) is 28.2 Å². The van der Waals surface area contributed by atoms with Crippen LogP contribution in [0.3, 0.4) is 0 Å². The molecule has 0 heterocycles. The van der Waals surface area contributed by atoms with E-state index in [1.807, 2.05) is 0 Å². The molecule has 0 radical (unpaired) electrons. The molecule has 1 saturated carbocycles. The lowest BCUT2D eigenvalue weighted by Gasteiger charge is -2.06. The highest BCUT2D eigenvalue weighted by atomic mass is 79.9. The Balaban J connectivity index is 2.14. The van der Waals surface area contributed by atoms with Gasteiger partial charge in [-0.3, -0.25) is 4.79 Å². The van der Waals surface area contributed by atoms with E-state index in [0.29, 0.717) is 0 Å². The third-order valence-electron chi connectivity index (χ3n) is 2.36. The van der Waals surface area contributed by atoms with E-state index in [4.69, 9.17) is 5.73 Å². The molecule has 0 saturated heterocycles. The minimum Gasteiger partial charge on any atom is -0.507 e. The third kappa shape index (κ3) is 2.30. The maximum absolute atomic E-state index is 11.7. The Labute approximate surface area is 95.6 Å². The summed E-state index contributed by atoms with van der Waals surface area (Å²) >= 11 is 3.24. The van der Waals surface area contributed by atoms with Crippen molar-refractivity contribution < 1.29 is 9.90 Å². The van der Waals surface area contributed by atoms with E-state index < -0.39 is 0 Å². The molecule has 1 aliphatic carbocycles. The van der Waals surface area contributed by atoms with E-state index in [1.54, 1.807) is 12.1 Å². The van der Waals surface area contributed by atoms with Crippen molar-refractivity contribution in [2.75, 3.05) is 0 Å². The van der Waals surface area contributed by atoms with Gasteiger partial charge in [-0.15, -0.1) is 0 Å². The summed E-state index contributed by atoms with van der Waals surface area (Å²) in [5.74, 6) is -0.309. The molecule has 2 atom stereocenters. The summed E-state index contributed by atoms with van der Waals surface area (Å²) in [6.45, 7) is 0. The fourth-order valence-corrected chi connectivity index (χ4v) is 1.68. The van der Waals surface area contributed by atoms with Crippen molar-refractivity contribution in [2.45, 2.75) is 18.5 Å². The number of nitrogens with two attached hydrogens (primary N) is 1. The minimum absolute atomic E-state index is 0.0232. The normalized spacial score (nSPS) is 23.6. The number of carbonyl (C=O) groups is 1. The van der Waals surface area contributed by atoms with Gasteiger partial charge in [0.1, 0.15) is 5.75 Å². The van der Waals surface area contributed by atoms with Gasteiger partial charge in [-0.25, -0.2) is 0 Å². The maximum Gasteiger partial charge on any atom is 0.255 e. The summed E-state index contributed by atoms with van der Waals surface area (Å²) in [6, 6.07) is 4.85. The molecule has 1 aromatic carbocycles. The highest BCUT2D eigenvalue weighted by Gasteiger charge is 2.35. The summed E-state index contributed by atoms with van der Waals surface area (Å²) in [5.41, 5.74) is 5.84. The number of amides is 1. The van der Waals surface area contributed by atoms with Gasteiger partial charge in [-0.2, -0.15) is 0 Å². The van der Waals surface area contributed by atoms with Crippen molar-refractivity contribution in [3.8, 4) is 5.75 Å². The predicted octanol–water partition coefficient (Wildman–Crippen LogP) is 0.984. The first-order valence-electron chi connectivity index (χ1n) is 4.63. The SMILES string of the molecule is NC1CC1NC(=O)c1cc(Br)ccc1O. The van der Waals surface area contributed by atoms with Gasteiger partial charge in [0.25, 0.3) is 5.91 Å². The zero-order chi connectivity index (χ0) is 11.0. The molecule has 0 bridgehead atoms. The zero-order valence-corrected chi connectivity index (χ0v) is 9.49. The predicted molar refractivity (Wildman–Crippen MR) is 59.7 cm³/mol. The average Bonchev–Trinajstić information content (AvgIpc) is 2.86. The van der Waals surface area contributed by atoms with Gasteiger partial charge in [0.05, 0.1) is 5.56 Å². The summed E-state index contributed by atoms with van der Waals surface area (Å²) in [7, 11) is 0. The van der Waals surface area contributed by atoms with Crippen LogP contribution in [0, 0.1) is 0 Å². The van der Waals surface area contributed by atoms with Crippen molar-refractivity contribution in [2.24, 2.45) is 5.73 Å². The van der Waals surface area contributed by atoms with Crippen molar-refractivity contribution in [1.82, 2.24) is 5.32 Å². The van der Waals surface area contributed by atoms with Crippen LogP contribution in [0.15, 0.2) is 22.7 Å². The summed E-state index contributed by atoms with van der Waals surface area (Å²) in [4.78, 5) is 11.7. The molecule has 2 rings (SSSR count). The number of nitrogens with one attached hydrogen (secondary N) is 1. The van der Waals surface area contributed by atoms with Gasteiger partial charge in [-0.1, -0.05) is 15.9 Å². The molecular weight excluding hydrogens is 260 g/mol. The molecule has 1 aromatic rings. The first kappa shape index (κ1) is 10.4. The topological polar surface area (TPSA) is 75.3 Å². The lowest BCUT2D eigenvalue weighted by atomic mass is 10.2. The Hall–Kier alpha value is -1.07. The van der Waals surface area contributed by atoms with Gasteiger partial charge < -0.3 is 16.2 Å². The maximum atomic E-state index is 11.7. The Kier molecular flexibility index (Phi) is 2.67. The summed E-state index contributed by atoms with van der Waals surface area (Å²) in [6.07, 6.45) is 0.806. The van der Waals surface area contributed by atoms with E-state index in [2.05, 4.69) is 21.2 Å². The number of rotatable bonds is 2. The van der Waals surface area contributed by atoms with Crippen LogP contribution in [0.4, 0.5) is 0 Å². The van der Waals surface area contributed by atoms with Crippen LogP contribution < -0.4 is 11.1 Å². The lowest BCUT2D eigenvalue weighted by molar-refractivity contribution is 0.0947. The molecule has 2 unspecified atom stereocenters. The second kappa shape index (κ2) is 3.83. The van der Waals surface area contributed by atoms with Crippen molar-refractivity contribution in [3.63, 3.8) is 0 Å². The molecule has 80 valence electrons. The number of benzene rings is 1. The molecule has 15 heavy (non-hydrogen) atoms. The van der Waals surface area contributed by atoms with Gasteiger partial charge in [0, 0.05) is 16.6 Å². The summed E-state index contributed by atoms with van der Waals surface area (Å²) in [5, 5.41) is 12.2. The number of halogens is 1. The summed E-state index contributed by atoms with van der Waals surface area (Å²) < 4.78 is 0.755. The molecule has 4 nitrogen and oxygen atoms in total. The van der Waals surface area contributed by atoms with Crippen molar-refractivity contribution >= 4 is 21.8 Å². The van der Waals surface area contributed by atoms with Crippen LogP contribution in [0.5, 0.6) is 5.75 Å². The number of hydrogen-bond donors (Lipinski definition) is 3. The number of phenols is 1. The quantitative estimate of drug-likeness (QED) is 0.750. The van der Waals surface area contributed by atoms with Gasteiger partial charge in [0.15, 0.2) is 0 Å². The Morgan fingerprint density at radius 3 is 2.87 bits per heavy atom. The second-order valence-corrected chi connectivity index (χ2v) is 4.56. The van der Waals surface area contributed by atoms with Gasteiger partial charge in [0.2, 0.25) is 0 Å². The first-order valence-corrected chi connectivity index (χ1v) is 5.42. The largest absolute Gasteiger partial charge is 0.507 e. The van der Waals surface area contributed by atoms with E-state index >= 15 is 0 Å². The molecule has 1 amide bonds. The second-order valence-electron chi connectivity index (χ2n) is 3.64. The van der Waals surface area contributed by atoms with Gasteiger partial charge >= 0.3 is 0 Å². The molecule has 1 fully saturated rings. The van der Waals surface area contributed by atoms with Crippen LogP contribution in [-0.2, 0) is 0 Å². The van der Waals surface area contributed by atoms with E-state index in [1.165, 1.54) is 6.07 Å². The number of carbonyl (C=O) groups excluding carboxylic acids is 1. The molecule has 1 aliphatic rings. The van der Waals surface area contributed by atoms with E-state index in [-0.39, 0.29) is 29.3 Å². The Morgan fingerprint density at radius 1 is 1.60 bits per heavy atom. The van der Waals surface area contributed by atoms with Crippen molar-refractivity contribution in [1.29, 1.82) is 0 Å². The third-order valence-corrected chi connectivity index (χ3v) is 2.85. The number of aromatic hydroxyl groups is 1. The first-order chi connectivity index (χ1) is 7.08.